The number of nitrogens with one attached hydrogen (secondary N) is 1. The van der Waals surface area contributed by atoms with Crippen LogP contribution in [0.25, 0.3) is 22.2 Å². The molecule has 0 spiro atoms. The molecule has 0 aliphatic heterocycles. The Morgan fingerprint density at radius 2 is 1.95 bits per heavy atom. The number of fused-ring (bicyclic) bond motifs is 1. The highest BCUT2D eigenvalue weighted by Crippen LogP contribution is 2.33. The van der Waals surface area contributed by atoms with Crippen molar-refractivity contribution in [1.29, 1.82) is 0 Å². The van der Waals surface area contributed by atoms with E-state index in [2.05, 4.69) is 4.98 Å². The zero-order valence-corrected chi connectivity index (χ0v) is 13.0. The highest BCUT2D eigenvalue weighted by molar-refractivity contribution is 6.30. The normalized spacial score (nSPS) is 11.2. The number of halogens is 2. The van der Waals surface area contributed by atoms with E-state index in [4.69, 9.17) is 17.3 Å². The van der Waals surface area contributed by atoms with Gasteiger partial charge in [-0.05, 0) is 67.3 Å². The van der Waals surface area contributed by atoms with Crippen molar-refractivity contribution in [2.45, 2.75) is 19.3 Å². The second-order valence-electron chi connectivity index (χ2n) is 5.42. The molecule has 0 aliphatic carbocycles. The molecule has 3 rings (SSSR count). The molecule has 0 aliphatic rings. The van der Waals surface area contributed by atoms with Gasteiger partial charge in [-0.2, -0.15) is 0 Å². The van der Waals surface area contributed by atoms with Gasteiger partial charge in [0.15, 0.2) is 0 Å². The van der Waals surface area contributed by atoms with Gasteiger partial charge in [0.25, 0.3) is 0 Å². The van der Waals surface area contributed by atoms with Crippen LogP contribution < -0.4 is 5.73 Å². The van der Waals surface area contributed by atoms with E-state index >= 15 is 0 Å². The van der Waals surface area contributed by atoms with E-state index in [-0.39, 0.29) is 5.82 Å². The topological polar surface area (TPSA) is 41.8 Å². The van der Waals surface area contributed by atoms with Crippen molar-refractivity contribution >= 4 is 22.5 Å². The Bertz CT molecular complexity index is 795. The molecule has 0 amide bonds. The first-order chi connectivity index (χ1) is 10.7. The lowest BCUT2D eigenvalue weighted by molar-refractivity contribution is 0.629. The van der Waals surface area contributed by atoms with Crippen molar-refractivity contribution in [1.82, 2.24) is 4.98 Å². The summed E-state index contributed by atoms with van der Waals surface area (Å²) in [5, 5.41) is 1.63. The standard InChI is InChI=1S/C18H18ClFN2/c19-13-5-3-4-12(10-13)18-15(6-1-2-9-21)16-11-14(20)7-8-17(16)22-18/h3-5,7-8,10-11,22H,1-2,6,9,21H2. The SMILES string of the molecule is NCCCCc1c(-c2cccc(Cl)c2)[nH]c2ccc(F)cc12. The van der Waals surface area contributed by atoms with Crippen molar-refractivity contribution in [2.75, 3.05) is 6.54 Å². The van der Waals surface area contributed by atoms with Gasteiger partial charge in [-0.1, -0.05) is 23.7 Å². The van der Waals surface area contributed by atoms with Crippen molar-refractivity contribution in [2.24, 2.45) is 5.73 Å². The van der Waals surface area contributed by atoms with Crippen molar-refractivity contribution < 1.29 is 4.39 Å². The quantitative estimate of drug-likeness (QED) is 0.645. The smallest absolute Gasteiger partial charge is 0.123 e. The molecule has 4 heteroatoms. The fraction of sp³-hybridized carbons (Fsp3) is 0.222. The van der Waals surface area contributed by atoms with Gasteiger partial charge >= 0.3 is 0 Å². The maximum absolute atomic E-state index is 13.6. The Balaban J connectivity index is 2.13. The molecule has 2 nitrogen and oxygen atoms in total. The van der Waals surface area contributed by atoms with Crippen molar-refractivity contribution in [3.63, 3.8) is 0 Å². The van der Waals surface area contributed by atoms with Crippen LogP contribution in [0.2, 0.25) is 5.02 Å². The summed E-state index contributed by atoms with van der Waals surface area (Å²) in [4.78, 5) is 3.41. The van der Waals surface area contributed by atoms with Crippen LogP contribution in [0.15, 0.2) is 42.5 Å². The van der Waals surface area contributed by atoms with Gasteiger partial charge in [0.2, 0.25) is 0 Å². The molecule has 0 bridgehead atoms. The van der Waals surface area contributed by atoms with E-state index in [0.717, 1.165) is 47.0 Å². The van der Waals surface area contributed by atoms with Gasteiger partial charge in [0, 0.05) is 21.6 Å². The molecule has 2 aromatic carbocycles. The zero-order chi connectivity index (χ0) is 15.5. The fourth-order valence-electron chi connectivity index (χ4n) is 2.82. The Hall–Kier alpha value is -1.84. The lowest BCUT2D eigenvalue weighted by Gasteiger charge is -2.06. The predicted molar refractivity (Wildman–Crippen MR) is 90.7 cm³/mol. The highest BCUT2D eigenvalue weighted by Gasteiger charge is 2.13. The second-order valence-corrected chi connectivity index (χ2v) is 5.86. The molecule has 0 unspecified atom stereocenters. The second kappa shape index (κ2) is 6.51. The first-order valence-corrected chi connectivity index (χ1v) is 7.83. The molecule has 3 aromatic rings. The van der Waals surface area contributed by atoms with E-state index in [1.54, 1.807) is 12.1 Å². The third-order valence-electron chi connectivity index (χ3n) is 3.86. The van der Waals surface area contributed by atoms with E-state index in [0.29, 0.717) is 11.6 Å². The van der Waals surface area contributed by atoms with Gasteiger partial charge in [-0.15, -0.1) is 0 Å². The summed E-state index contributed by atoms with van der Waals surface area (Å²) in [6, 6.07) is 12.6. The van der Waals surface area contributed by atoms with Gasteiger partial charge in [0.05, 0.1) is 0 Å². The van der Waals surface area contributed by atoms with E-state index in [9.17, 15) is 4.39 Å². The number of aromatic amines is 1. The average molecular weight is 317 g/mol. The maximum atomic E-state index is 13.6. The van der Waals surface area contributed by atoms with Crippen LogP contribution in [0.3, 0.4) is 0 Å². The number of hydrogen-bond acceptors (Lipinski definition) is 1. The van der Waals surface area contributed by atoms with Crippen LogP contribution in [0, 0.1) is 5.82 Å². The van der Waals surface area contributed by atoms with Crippen LogP contribution >= 0.6 is 11.6 Å². The van der Waals surface area contributed by atoms with Crippen LogP contribution in [0.1, 0.15) is 18.4 Å². The summed E-state index contributed by atoms with van der Waals surface area (Å²) in [6.45, 7) is 0.670. The first-order valence-electron chi connectivity index (χ1n) is 7.45. The summed E-state index contributed by atoms with van der Waals surface area (Å²) in [6.07, 6.45) is 2.80. The number of rotatable bonds is 5. The van der Waals surface area contributed by atoms with Crippen LogP contribution in [0.5, 0.6) is 0 Å². The molecular weight excluding hydrogens is 299 g/mol. The van der Waals surface area contributed by atoms with Crippen LogP contribution in [0.4, 0.5) is 4.39 Å². The minimum absolute atomic E-state index is 0.218. The number of benzene rings is 2. The summed E-state index contributed by atoms with van der Waals surface area (Å²) >= 11 is 6.11. The molecule has 3 N–H and O–H groups in total. The van der Waals surface area contributed by atoms with Crippen LogP contribution in [-0.2, 0) is 6.42 Å². The van der Waals surface area contributed by atoms with Gasteiger partial charge in [-0.25, -0.2) is 4.39 Å². The molecule has 22 heavy (non-hydrogen) atoms. The van der Waals surface area contributed by atoms with Gasteiger partial charge in [-0.3, -0.25) is 0 Å². The molecule has 114 valence electrons. The average Bonchev–Trinajstić information content (AvgIpc) is 2.86. The van der Waals surface area contributed by atoms with Gasteiger partial charge in [0.1, 0.15) is 5.82 Å². The Labute approximate surface area is 134 Å². The summed E-state index contributed by atoms with van der Waals surface area (Å²) in [5.41, 5.74) is 9.70. The Morgan fingerprint density at radius 3 is 2.73 bits per heavy atom. The molecule has 1 heterocycles. The minimum atomic E-state index is -0.218. The summed E-state index contributed by atoms with van der Waals surface area (Å²) in [5.74, 6) is -0.218. The van der Waals surface area contributed by atoms with Crippen molar-refractivity contribution in [3.8, 4) is 11.3 Å². The molecular formula is C18H18ClFN2. The Kier molecular flexibility index (Phi) is 4.46. The third kappa shape index (κ3) is 3.01. The number of nitrogens with two attached hydrogens (primary N) is 1. The lowest BCUT2D eigenvalue weighted by Crippen LogP contribution is -1.99. The summed E-state index contributed by atoms with van der Waals surface area (Å²) in [7, 11) is 0. The molecule has 1 aromatic heterocycles. The first kappa shape index (κ1) is 15.1. The largest absolute Gasteiger partial charge is 0.354 e. The van der Waals surface area contributed by atoms with E-state index in [1.807, 2.05) is 24.3 Å². The molecule has 0 saturated carbocycles. The summed E-state index contributed by atoms with van der Waals surface area (Å²) < 4.78 is 13.6. The number of unbranched alkanes of at least 4 members (excludes halogenated alkanes) is 1. The van der Waals surface area contributed by atoms with Gasteiger partial charge < -0.3 is 10.7 Å². The fourth-order valence-corrected chi connectivity index (χ4v) is 3.01. The van der Waals surface area contributed by atoms with E-state index in [1.165, 1.54) is 6.07 Å². The molecule has 0 fully saturated rings. The Morgan fingerprint density at radius 1 is 1.09 bits per heavy atom. The number of hydrogen-bond donors (Lipinski definition) is 2. The zero-order valence-electron chi connectivity index (χ0n) is 12.2. The number of aromatic nitrogens is 1. The van der Waals surface area contributed by atoms with Crippen LogP contribution in [-0.4, -0.2) is 11.5 Å². The third-order valence-corrected chi connectivity index (χ3v) is 4.10. The highest BCUT2D eigenvalue weighted by atomic mass is 35.5. The van der Waals surface area contributed by atoms with E-state index < -0.39 is 0 Å². The number of aryl methyl sites for hydroxylation is 1. The lowest BCUT2D eigenvalue weighted by atomic mass is 10.0. The maximum Gasteiger partial charge on any atom is 0.123 e. The van der Waals surface area contributed by atoms with Crippen molar-refractivity contribution in [3.05, 3.63) is 58.9 Å². The molecule has 0 atom stereocenters. The molecule has 0 radical (unpaired) electrons. The molecule has 0 saturated heterocycles. The monoisotopic (exact) mass is 316 g/mol. The predicted octanol–water partition coefficient (Wildman–Crippen LogP) is 4.91. The number of H-pyrrole nitrogens is 1. The minimum Gasteiger partial charge on any atom is -0.354 e.